The smallest absolute Gasteiger partial charge is 0.330 e. The van der Waals surface area contributed by atoms with Gasteiger partial charge in [-0.2, -0.15) is 13.2 Å². The summed E-state index contributed by atoms with van der Waals surface area (Å²) in [5.74, 6) is -0.854. The topological polar surface area (TPSA) is 43.8 Å². The Morgan fingerprint density at radius 3 is 2.59 bits per heavy atom. The molecule has 92 valence electrons. The lowest BCUT2D eigenvalue weighted by Gasteiger charge is -2.10. The van der Waals surface area contributed by atoms with Crippen LogP contribution in [-0.4, -0.2) is 16.1 Å². The second kappa shape index (κ2) is 4.37. The van der Waals surface area contributed by atoms with Crippen LogP contribution in [0.4, 0.5) is 13.2 Å². The summed E-state index contributed by atoms with van der Waals surface area (Å²) in [4.78, 5) is 3.63. The minimum Gasteiger partial charge on any atom is -0.330 e. The Morgan fingerprint density at radius 2 is 1.94 bits per heavy atom. The number of aromatic nitrogens is 2. The maximum absolute atomic E-state index is 12.8. The number of benzene rings is 1. The number of alkyl halides is 3. The van der Waals surface area contributed by atoms with Crippen molar-refractivity contribution in [1.29, 1.82) is 0 Å². The summed E-state index contributed by atoms with van der Waals surface area (Å²) in [5.41, 5.74) is 6.19. The van der Waals surface area contributed by atoms with E-state index in [9.17, 15) is 13.2 Å². The molecular weight excluding hydrogens is 231 g/mol. The summed E-state index contributed by atoms with van der Waals surface area (Å²) in [7, 11) is 0. The number of hydrogen-bond acceptors (Lipinski definition) is 2. The fourth-order valence-corrected chi connectivity index (χ4v) is 1.77. The Balaban J connectivity index is 2.57. The summed E-state index contributed by atoms with van der Waals surface area (Å²) < 4.78 is 39.6. The van der Waals surface area contributed by atoms with Gasteiger partial charge in [-0.25, -0.2) is 4.98 Å². The van der Waals surface area contributed by atoms with Crippen LogP contribution in [-0.2, 0) is 12.7 Å². The molecule has 0 saturated carbocycles. The zero-order valence-electron chi connectivity index (χ0n) is 9.04. The Bertz CT molecular complexity index is 516. The highest BCUT2D eigenvalue weighted by Gasteiger charge is 2.37. The van der Waals surface area contributed by atoms with Crippen molar-refractivity contribution in [3.63, 3.8) is 0 Å². The van der Waals surface area contributed by atoms with Gasteiger partial charge in [-0.1, -0.05) is 12.1 Å². The third-order valence-corrected chi connectivity index (χ3v) is 2.49. The van der Waals surface area contributed by atoms with Gasteiger partial charge in [-0.3, -0.25) is 0 Å². The number of aryl methyl sites for hydroxylation is 1. The van der Waals surface area contributed by atoms with Crippen molar-refractivity contribution in [2.24, 2.45) is 5.73 Å². The van der Waals surface area contributed by atoms with Crippen LogP contribution in [0.15, 0.2) is 24.3 Å². The summed E-state index contributed by atoms with van der Waals surface area (Å²) >= 11 is 0. The number of imidazole rings is 1. The number of rotatable bonds is 3. The van der Waals surface area contributed by atoms with Gasteiger partial charge < -0.3 is 10.3 Å². The van der Waals surface area contributed by atoms with E-state index in [-0.39, 0.29) is 6.54 Å². The first-order valence-corrected chi connectivity index (χ1v) is 5.26. The molecule has 0 fully saturated rings. The van der Waals surface area contributed by atoms with Crippen molar-refractivity contribution in [1.82, 2.24) is 9.55 Å². The normalized spacial score (nSPS) is 12.2. The van der Waals surface area contributed by atoms with Gasteiger partial charge in [0.2, 0.25) is 5.82 Å². The maximum Gasteiger partial charge on any atom is 0.449 e. The van der Waals surface area contributed by atoms with E-state index in [2.05, 4.69) is 4.98 Å². The van der Waals surface area contributed by atoms with Crippen LogP contribution in [0.2, 0.25) is 0 Å². The second-order valence-electron chi connectivity index (χ2n) is 3.72. The molecule has 6 heteroatoms. The first-order chi connectivity index (χ1) is 8.04. The molecule has 3 nitrogen and oxygen atoms in total. The number of hydrogen-bond donors (Lipinski definition) is 1. The molecule has 0 aliphatic heterocycles. The third kappa shape index (κ3) is 2.26. The van der Waals surface area contributed by atoms with E-state index in [0.29, 0.717) is 24.0 Å². The molecule has 0 aliphatic carbocycles. The molecule has 2 N–H and O–H groups in total. The molecule has 0 aliphatic rings. The third-order valence-electron chi connectivity index (χ3n) is 2.49. The van der Waals surface area contributed by atoms with Crippen molar-refractivity contribution in [2.75, 3.05) is 6.54 Å². The SMILES string of the molecule is NCCCn1c(C(F)(F)F)nc2ccccc21. The van der Waals surface area contributed by atoms with E-state index >= 15 is 0 Å². The molecular formula is C11H12F3N3. The van der Waals surface area contributed by atoms with Crippen LogP contribution >= 0.6 is 0 Å². The number of nitrogens with zero attached hydrogens (tertiary/aromatic N) is 2. The van der Waals surface area contributed by atoms with Gasteiger partial charge in [0.15, 0.2) is 0 Å². The number of halogens is 3. The van der Waals surface area contributed by atoms with Gasteiger partial charge in [0.1, 0.15) is 0 Å². The minimum atomic E-state index is -4.44. The zero-order chi connectivity index (χ0) is 12.5. The van der Waals surface area contributed by atoms with E-state index in [1.54, 1.807) is 24.3 Å². The van der Waals surface area contributed by atoms with Crippen molar-refractivity contribution in [3.8, 4) is 0 Å². The first-order valence-electron chi connectivity index (χ1n) is 5.26. The Labute approximate surface area is 96.0 Å². The van der Waals surface area contributed by atoms with Gasteiger partial charge >= 0.3 is 6.18 Å². The van der Waals surface area contributed by atoms with Gasteiger partial charge in [0.05, 0.1) is 11.0 Å². The molecule has 0 radical (unpaired) electrons. The molecule has 2 aromatic rings. The second-order valence-corrected chi connectivity index (χ2v) is 3.72. The highest BCUT2D eigenvalue weighted by molar-refractivity contribution is 5.76. The summed E-state index contributed by atoms with van der Waals surface area (Å²) in [6.45, 7) is 0.579. The summed E-state index contributed by atoms with van der Waals surface area (Å²) in [5, 5.41) is 0. The average molecular weight is 243 g/mol. The van der Waals surface area contributed by atoms with Crippen molar-refractivity contribution < 1.29 is 13.2 Å². The number of para-hydroxylation sites is 2. The van der Waals surface area contributed by atoms with Crippen molar-refractivity contribution >= 4 is 11.0 Å². The van der Waals surface area contributed by atoms with Crippen LogP contribution in [0.25, 0.3) is 11.0 Å². The summed E-state index contributed by atoms with van der Waals surface area (Å²) in [6, 6.07) is 6.57. The van der Waals surface area contributed by atoms with Gasteiger partial charge in [0, 0.05) is 6.54 Å². The standard InChI is InChI=1S/C11H12F3N3/c12-11(13,14)10-16-8-4-1-2-5-9(8)17(10)7-3-6-15/h1-2,4-5H,3,6-7,15H2. The number of fused-ring (bicyclic) bond motifs is 1. The van der Waals surface area contributed by atoms with Crippen LogP contribution in [0.1, 0.15) is 12.2 Å². The molecule has 1 aromatic carbocycles. The lowest BCUT2D eigenvalue weighted by molar-refractivity contribution is -0.146. The lowest BCUT2D eigenvalue weighted by Crippen LogP contribution is -2.16. The molecule has 0 saturated heterocycles. The fraction of sp³-hybridized carbons (Fsp3) is 0.364. The molecule has 0 atom stereocenters. The van der Waals surface area contributed by atoms with Crippen LogP contribution in [0, 0.1) is 0 Å². The average Bonchev–Trinajstić information content (AvgIpc) is 2.65. The van der Waals surface area contributed by atoms with E-state index in [1.807, 2.05) is 0 Å². The fourth-order valence-electron chi connectivity index (χ4n) is 1.77. The maximum atomic E-state index is 12.8. The van der Waals surface area contributed by atoms with Crippen molar-refractivity contribution in [2.45, 2.75) is 19.1 Å². The molecule has 1 heterocycles. The van der Waals surface area contributed by atoms with Crippen LogP contribution < -0.4 is 5.73 Å². The number of nitrogens with two attached hydrogens (primary N) is 1. The van der Waals surface area contributed by atoms with E-state index in [4.69, 9.17) is 5.73 Å². The largest absolute Gasteiger partial charge is 0.449 e. The Kier molecular flexibility index (Phi) is 3.06. The predicted molar refractivity (Wildman–Crippen MR) is 58.4 cm³/mol. The molecule has 2 rings (SSSR count). The van der Waals surface area contributed by atoms with Crippen molar-refractivity contribution in [3.05, 3.63) is 30.1 Å². The van der Waals surface area contributed by atoms with Crippen LogP contribution in [0.3, 0.4) is 0 Å². The Hall–Kier alpha value is -1.56. The Morgan fingerprint density at radius 1 is 1.24 bits per heavy atom. The monoisotopic (exact) mass is 243 g/mol. The highest BCUT2D eigenvalue weighted by atomic mass is 19.4. The molecule has 0 unspecified atom stereocenters. The van der Waals surface area contributed by atoms with Crippen LogP contribution in [0.5, 0.6) is 0 Å². The van der Waals surface area contributed by atoms with E-state index < -0.39 is 12.0 Å². The molecule has 0 spiro atoms. The molecule has 17 heavy (non-hydrogen) atoms. The minimum absolute atomic E-state index is 0.228. The van der Waals surface area contributed by atoms with Gasteiger partial charge in [-0.05, 0) is 25.1 Å². The van der Waals surface area contributed by atoms with E-state index in [0.717, 1.165) is 0 Å². The lowest BCUT2D eigenvalue weighted by atomic mass is 10.3. The van der Waals surface area contributed by atoms with E-state index in [1.165, 1.54) is 4.57 Å². The first kappa shape index (κ1) is 11.9. The quantitative estimate of drug-likeness (QED) is 0.899. The highest BCUT2D eigenvalue weighted by Crippen LogP contribution is 2.31. The van der Waals surface area contributed by atoms with Gasteiger partial charge in [-0.15, -0.1) is 0 Å². The summed E-state index contributed by atoms with van der Waals surface area (Å²) in [6.07, 6.45) is -3.95. The molecule has 0 amide bonds. The molecule has 1 aromatic heterocycles. The van der Waals surface area contributed by atoms with Gasteiger partial charge in [0.25, 0.3) is 0 Å². The predicted octanol–water partition coefficient (Wildman–Crippen LogP) is 2.40. The zero-order valence-corrected chi connectivity index (χ0v) is 9.04. The molecule has 0 bridgehead atoms.